The van der Waals surface area contributed by atoms with Gasteiger partial charge in [-0.15, -0.1) is 0 Å². The highest BCUT2D eigenvalue weighted by atomic mass is 16.5. The van der Waals surface area contributed by atoms with Gasteiger partial charge < -0.3 is 9.15 Å². The van der Waals surface area contributed by atoms with Gasteiger partial charge in [-0.05, 0) is 29.8 Å². The molecule has 0 saturated carbocycles. The van der Waals surface area contributed by atoms with E-state index < -0.39 is 0 Å². The second-order valence-electron chi connectivity index (χ2n) is 5.06. The van der Waals surface area contributed by atoms with Crippen LogP contribution in [0, 0.1) is 0 Å². The van der Waals surface area contributed by atoms with Gasteiger partial charge in [-0.2, -0.15) is 0 Å². The molecule has 3 aromatic carbocycles. The zero-order chi connectivity index (χ0) is 14.8. The van der Waals surface area contributed by atoms with Crippen LogP contribution in [0.15, 0.2) is 89.5 Å². The Morgan fingerprint density at radius 1 is 0.682 bits per heavy atom. The second kappa shape index (κ2) is 5.41. The highest BCUT2D eigenvalue weighted by Gasteiger charge is 2.14. The summed E-state index contributed by atoms with van der Waals surface area (Å²) in [6.07, 6.45) is 1.69. The van der Waals surface area contributed by atoms with E-state index in [2.05, 4.69) is 24.3 Å². The number of ether oxygens (including phenoxy) is 1. The Morgan fingerprint density at radius 2 is 1.41 bits per heavy atom. The van der Waals surface area contributed by atoms with Crippen molar-refractivity contribution in [3.05, 3.63) is 85.1 Å². The van der Waals surface area contributed by atoms with Crippen molar-refractivity contribution in [2.24, 2.45) is 0 Å². The van der Waals surface area contributed by atoms with Crippen molar-refractivity contribution in [3.8, 4) is 22.6 Å². The summed E-state index contributed by atoms with van der Waals surface area (Å²) >= 11 is 0. The molecule has 1 heterocycles. The van der Waals surface area contributed by atoms with Gasteiger partial charge in [0.1, 0.15) is 5.75 Å². The molecule has 0 bridgehead atoms. The summed E-state index contributed by atoms with van der Waals surface area (Å²) in [6.45, 7) is 0. The zero-order valence-corrected chi connectivity index (χ0v) is 11.9. The second-order valence-corrected chi connectivity index (χ2v) is 5.06. The largest absolute Gasteiger partial charge is 0.460 e. The molecule has 0 unspecified atom stereocenters. The first-order valence-electron chi connectivity index (χ1n) is 7.20. The molecule has 1 aromatic heterocycles. The molecule has 2 heteroatoms. The maximum Gasteiger partial charge on any atom is 0.178 e. The SMILES string of the molecule is c1ccc(Oc2c(-c3ccccc3)ccc3ccoc23)cc1. The van der Waals surface area contributed by atoms with E-state index in [1.54, 1.807) is 6.26 Å². The summed E-state index contributed by atoms with van der Waals surface area (Å²) in [5.41, 5.74) is 2.89. The molecule has 22 heavy (non-hydrogen) atoms. The van der Waals surface area contributed by atoms with E-state index >= 15 is 0 Å². The van der Waals surface area contributed by atoms with Crippen molar-refractivity contribution in [1.29, 1.82) is 0 Å². The van der Waals surface area contributed by atoms with Crippen molar-refractivity contribution >= 4 is 11.0 Å². The van der Waals surface area contributed by atoms with E-state index in [-0.39, 0.29) is 0 Å². The standard InChI is InChI=1S/C20H14O2/c1-3-7-15(8-4-1)18-12-11-16-13-14-21-19(16)20(18)22-17-9-5-2-6-10-17/h1-14H. The van der Waals surface area contributed by atoms with Crippen LogP contribution in [0.5, 0.6) is 11.5 Å². The van der Waals surface area contributed by atoms with Crippen molar-refractivity contribution in [2.45, 2.75) is 0 Å². The summed E-state index contributed by atoms with van der Waals surface area (Å²) in [5, 5.41) is 1.03. The first kappa shape index (κ1) is 12.7. The molecule has 0 radical (unpaired) electrons. The van der Waals surface area contributed by atoms with Crippen LogP contribution in [0.4, 0.5) is 0 Å². The van der Waals surface area contributed by atoms with Gasteiger partial charge in [0, 0.05) is 10.9 Å². The minimum atomic E-state index is 0.750. The van der Waals surface area contributed by atoms with Gasteiger partial charge in [0.15, 0.2) is 11.3 Å². The van der Waals surface area contributed by atoms with E-state index in [1.807, 2.05) is 54.6 Å². The fourth-order valence-corrected chi connectivity index (χ4v) is 2.56. The third-order valence-corrected chi connectivity index (χ3v) is 3.62. The smallest absolute Gasteiger partial charge is 0.178 e. The quantitative estimate of drug-likeness (QED) is 0.468. The number of benzene rings is 3. The van der Waals surface area contributed by atoms with Gasteiger partial charge in [-0.3, -0.25) is 0 Å². The molecule has 4 rings (SSSR count). The summed E-state index contributed by atoms with van der Waals surface area (Å²) in [4.78, 5) is 0. The predicted octanol–water partition coefficient (Wildman–Crippen LogP) is 5.89. The molecule has 0 fully saturated rings. The molecule has 0 aliphatic carbocycles. The Labute approximate surface area is 128 Å². The normalized spacial score (nSPS) is 10.7. The molecule has 0 saturated heterocycles. The third kappa shape index (κ3) is 2.25. The molecule has 0 aliphatic rings. The van der Waals surface area contributed by atoms with Crippen LogP contribution in [0.2, 0.25) is 0 Å². The number of fused-ring (bicyclic) bond motifs is 1. The molecular weight excluding hydrogens is 272 g/mol. The Hall–Kier alpha value is -3.00. The Bertz CT molecular complexity index is 893. The summed E-state index contributed by atoms with van der Waals surface area (Å²) < 4.78 is 11.8. The number of para-hydroxylation sites is 1. The molecule has 4 aromatic rings. The topological polar surface area (TPSA) is 22.4 Å². The lowest BCUT2D eigenvalue weighted by Crippen LogP contribution is -1.89. The van der Waals surface area contributed by atoms with Gasteiger partial charge in [0.25, 0.3) is 0 Å². The average molecular weight is 286 g/mol. The molecule has 0 spiro atoms. The maximum absolute atomic E-state index is 6.14. The van der Waals surface area contributed by atoms with Gasteiger partial charge in [-0.25, -0.2) is 0 Å². The molecular formula is C20H14O2. The van der Waals surface area contributed by atoms with Gasteiger partial charge in [0.2, 0.25) is 0 Å². The highest BCUT2D eigenvalue weighted by molar-refractivity contribution is 5.91. The number of rotatable bonds is 3. The van der Waals surface area contributed by atoms with E-state index in [4.69, 9.17) is 9.15 Å². The lowest BCUT2D eigenvalue weighted by Gasteiger charge is -2.12. The average Bonchev–Trinajstić information content (AvgIpc) is 3.06. The Morgan fingerprint density at radius 3 is 2.18 bits per heavy atom. The summed E-state index contributed by atoms with van der Waals surface area (Å²) in [7, 11) is 0. The van der Waals surface area contributed by atoms with E-state index in [0.717, 1.165) is 33.6 Å². The Kier molecular flexibility index (Phi) is 3.13. The monoisotopic (exact) mass is 286 g/mol. The van der Waals surface area contributed by atoms with Crippen LogP contribution in [0.3, 0.4) is 0 Å². The van der Waals surface area contributed by atoms with Gasteiger partial charge >= 0.3 is 0 Å². The molecule has 0 amide bonds. The van der Waals surface area contributed by atoms with Gasteiger partial charge in [0.05, 0.1) is 6.26 Å². The number of furan rings is 1. The van der Waals surface area contributed by atoms with Crippen LogP contribution in [-0.4, -0.2) is 0 Å². The summed E-state index contributed by atoms with van der Waals surface area (Å²) in [5.74, 6) is 1.54. The van der Waals surface area contributed by atoms with E-state index in [0.29, 0.717) is 0 Å². The van der Waals surface area contributed by atoms with E-state index in [9.17, 15) is 0 Å². The predicted molar refractivity (Wildman–Crippen MR) is 88.2 cm³/mol. The summed E-state index contributed by atoms with van der Waals surface area (Å²) in [6, 6.07) is 26.0. The number of hydrogen-bond acceptors (Lipinski definition) is 2. The van der Waals surface area contributed by atoms with Crippen LogP contribution in [0.25, 0.3) is 22.1 Å². The first-order chi connectivity index (χ1) is 10.9. The molecule has 106 valence electrons. The van der Waals surface area contributed by atoms with Gasteiger partial charge in [-0.1, -0.05) is 54.6 Å². The van der Waals surface area contributed by atoms with Crippen LogP contribution < -0.4 is 4.74 Å². The fourth-order valence-electron chi connectivity index (χ4n) is 2.56. The lowest BCUT2D eigenvalue weighted by atomic mass is 10.0. The first-order valence-corrected chi connectivity index (χ1v) is 7.20. The minimum absolute atomic E-state index is 0.750. The van der Waals surface area contributed by atoms with Crippen molar-refractivity contribution < 1.29 is 9.15 Å². The zero-order valence-electron chi connectivity index (χ0n) is 11.9. The van der Waals surface area contributed by atoms with Crippen molar-refractivity contribution in [3.63, 3.8) is 0 Å². The lowest BCUT2D eigenvalue weighted by molar-refractivity contribution is 0.474. The molecule has 2 nitrogen and oxygen atoms in total. The van der Waals surface area contributed by atoms with E-state index in [1.165, 1.54) is 0 Å². The van der Waals surface area contributed by atoms with Crippen molar-refractivity contribution in [1.82, 2.24) is 0 Å². The van der Waals surface area contributed by atoms with Crippen LogP contribution >= 0.6 is 0 Å². The van der Waals surface area contributed by atoms with Crippen LogP contribution in [-0.2, 0) is 0 Å². The fraction of sp³-hybridized carbons (Fsp3) is 0. The number of hydrogen-bond donors (Lipinski definition) is 0. The molecule has 0 aliphatic heterocycles. The minimum Gasteiger partial charge on any atom is -0.460 e. The Balaban J connectivity index is 1.91. The van der Waals surface area contributed by atoms with Crippen molar-refractivity contribution in [2.75, 3.05) is 0 Å². The van der Waals surface area contributed by atoms with Crippen LogP contribution in [0.1, 0.15) is 0 Å². The maximum atomic E-state index is 6.14. The third-order valence-electron chi connectivity index (χ3n) is 3.62. The highest BCUT2D eigenvalue weighted by Crippen LogP contribution is 2.39. The molecule has 0 N–H and O–H groups in total. The molecule has 0 atom stereocenters.